The van der Waals surface area contributed by atoms with Gasteiger partial charge in [0.2, 0.25) is 5.76 Å². The molecule has 6 nitrogen and oxygen atoms in total. The fraction of sp³-hybridized carbons (Fsp3) is 0.171. The van der Waals surface area contributed by atoms with E-state index in [4.69, 9.17) is 4.42 Å². The highest BCUT2D eigenvalue weighted by atomic mass is 16.4. The second-order valence-corrected chi connectivity index (χ2v) is 10.7. The molecule has 0 atom stereocenters. The van der Waals surface area contributed by atoms with Gasteiger partial charge >= 0.3 is 5.97 Å². The summed E-state index contributed by atoms with van der Waals surface area (Å²) in [6.07, 6.45) is 0. The molecule has 0 radical (unpaired) electrons. The molecule has 5 aromatic rings. The van der Waals surface area contributed by atoms with Crippen molar-refractivity contribution >= 4 is 22.6 Å². The molecule has 6 heteroatoms. The summed E-state index contributed by atoms with van der Waals surface area (Å²) in [5.41, 5.74) is 4.04. The first-order chi connectivity index (χ1) is 19.7. The second-order valence-electron chi connectivity index (χ2n) is 10.7. The Morgan fingerprint density at radius 3 is 2.34 bits per heavy atom. The van der Waals surface area contributed by atoms with E-state index in [0.29, 0.717) is 17.9 Å². The maximum atomic E-state index is 14.1. The van der Waals surface area contributed by atoms with Gasteiger partial charge < -0.3 is 14.4 Å². The van der Waals surface area contributed by atoms with Crippen molar-refractivity contribution in [2.45, 2.75) is 39.3 Å². The van der Waals surface area contributed by atoms with E-state index < -0.39 is 11.4 Å². The molecule has 0 saturated carbocycles. The van der Waals surface area contributed by atoms with Gasteiger partial charge in [-0.15, -0.1) is 0 Å². The number of carboxylic acids is 1. The van der Waals surface area contributed by atoms with E-state index in [1.165, 1.54) is 0 Å². The molecule has 41 heavy (non-hydrogen) atoms. The Morgan fingerprint density at radius 2 is 1.63 bits per heavy atom. The van der Waals surface area contributed by atoms with Gasteiger partial charge in [-0.05, 0) is 71.5 Å². The van der Waals surface area contributed by atoms with Gasteiger partial charge in [0.1, 0.15) is 11.8 Å². The van der Waals surface area contributed by atoms with Crippen LogP contribution in [0.15, 0.2) is 101 Å². The Bertz CT molecular complexity index is 1790. The first-order valence-electron chi connectivity index (χ1n) is 13.4. The molecule has 0 aliphatic heterocycles. The summed E-state index contributed by atoms with van der Waals surface area (Å²) >= 11 is 0. The zero-order valence-corrected chi connectivity index (χ0v) is 23.2. The Kier molecular flexibility index (Phi) is 7.45. The molecule has 0 saturated heterocycles. The number of hydrogen-bond acceptors (Lipinski definition) is 4. The van der Waals surface area contributed by atoms with Crippen molar-refractivity contribution in [2.24, 2.45) is 0 Å². The van der Waals surface area contributed by atoms with Crippen LogP contribution in [0.1, 0.15) is 52.4 Å². The van der Waals surface area contributed by atoms with Gasteiger partial charge in [-0.3, -0.25) is 9.59 Å². The Balaban J connectivity index is 1.47. The molecule has 0 aliphatic rings. The SMILES string of the molecule is Cc1ccc2ccccc2c1C(=O)N(Cc1ccc(-c2cccc(C(C)(C)C(=O)O)c2)cc1)Cc1ccc(C#N)o1. The number of rotatable bonds is 8. The predicted octanol–water partition coefficient (Wildman–Crippen LogP) is 7.48. The summed E-state index contributed by atoms with van der Waals surface area (Å²) < 4.78 is 5.64. The molecule has 204 valence electrons. The van der Waals surface area contributed by atoms with E-state index in [9.17, 15) is 20.0 Å². The van der Waals surface area contributed by atoms with E-state index in [0.717, 1.165) is 38.6 Å². The molecule has 1 amide bonds. The summed E-state index contributed by atoms with van der Waals surface area (Å²) in [7, 11) is 0. The average molecular weight is 543 g/mol. The van der Waals surface area contributed by atoms with Crippen molar-refractivity contribution in [1.82, 2.24) is 4.90 Å². The molecule has 1 N–H and O–H groups in total. The molecule has 0 aliphatic carbocycles. The summed E-state index contributed by atoms with van der Waals surface area (Å²) in [6, 6.07) is 32.6. The number of aliphatic carboxylic acids is 1. The molecule has 0 spiro atoms. The number of fused-ring (bicyclic) bond motifs is 1. The van der Waals surface area contributed by atoms with Crippen molar-refractivity contribution in [3.8, 4) is 17.2 Å². The van der Waals surface area contributed by atoms with Gasteiger partial charge in [0.15, 0.2) is 0 Å². The lowest BCUT2D eigenvalue weighted by molar-refractivity contribution is -0.142. The third-order valence-electron chi connectivity index (χ3n) is 7.54. The summed E-state index contributed by atoms with van der Waals surface area (Å²) in [5.74, 6) is -0.273. The lowest BCUT2D eigenvalue weighted by Crippen LogP contribution is -2.30. The number of carbonyl (C=O) groups is 2. The largest absolute Gasteiger partial charge is 0.481 e. The standard InChI is InChI=1S/C35H30N2O4/c1-23-11-14-26-7-4-5-10-31(26)32(23)33(38)37(22-30-18-17-29(20-36)41-30)21-24-12-15-25(16-13-24)27-8-6-9-28(19-27)35(2,3)34(39)40/h4-19H,21-22H2,1-3H3,(H,39,40). The summed E-state index contributed by atoms with van der Waals surface area (Å²) in [6.45, 7) is 5.86. The maximum absolute atomic E-state index is 14.1. The van der Waals surface area contributed by atoms with E-state index in [-0.39, 0.29) is 18.2 Å². The summed E-state index contributed by atoms with van der Waals surface area (Å²) in [5, 5.41) is 20.7. The molecular formula is C35H30N2O4. The molecule has 5 rings (SSSR count). The van der Waals surface area contributed by atoms with Crippen molar-refractivity contribution in [3.05, 3.63) is 131 Å². The minimum atomic E-state index is -1.01. The number of amides is 1. The fourth-order valence-corrected chi connectivity index (χ4v) is 4.97. The van der Waals surface area contributed by atoms with Crippen LogP contribution in [0.4, 0.5) is 0 Å². The highest BCUT2D eigenvalue weighted by Crippen LogP contribution is 2.30. The van der Waals surface area contributed by atoms with Gasteiger partial charge in [-0.2, -0.15) is 5.26 Å². The Hall–Kier alpha value is -5.15. The molecule has 4 aromatic carbocycles. The van der Waals surface area contributed by atoms with Gasteiger partial charge in [0.25, 0.3) is 5.91 Å². The summed E-state index contributed by atoms with van der Waals surface area (Å²) in [4.78, 5) is 27.6. The molecule has 1 heterocycles. The van der Waals surface area contributed by atoms with E-state index in [1.54, 1.807) is 30.9 Å². The van der Waals surface area contributed by atoms with Crippen LogP contribution in [0.2, 0.25) is 0 Å². The lowest BCUT2D eigenvalue weighted by atomic mass is 9.83. The number of carbonyl (C=O) groups excluding carboxylic acids is 1. The topological polar surface area (TPSA) is 94.5 Å². The van der Waals surface area contributed by atoms with Crippen LogP contribution >= 0.6 is 0 Å². The number of aryl methyl sites for hydroxylation is 1. The monoisotopic (exact) mass is 542 g/mol. The van der Waals surface area contributed by atoms with Gasteiger partial charge in [-0.1, -0.05) is 84.9 Å². The number of nitrogens with zero attached hydrogens (tertiary/aromatic N) is 2. The van der Waals surface area contributed by atoms with Crippen molar-refractivity contribution in [1.29, 1.82) is 5.26 Å². The third kappa shape index (κ3) is 5.61. The molecule has 0 fully saturated rings. The van der Waals surface area contributed by atoms with Crippen molar-refractivity contribution in [2.75, 3.05) is 0 Å². The zero-order chi connectivity index (χ0) is 29.1. The van der Waals surface area contributed by atoms with Crippen LogP contribution in [0.5, 0.6) is 0 Å². The minimum Gasteiger partial charge on any atom is -0.481 e. The first kappa shape index (κ1) is 27.4. The molecule has 0 unspecified atom stereocenters. The number of nitriles is 1. The van der Waals surface area contributed by atoms with Crippen LogP contribution in [0.3, 0.4) is 0 Å². The normalized spacial score (nSPS) is 11.3. The fourth-order valence-electron chi connectivity index (χ4n) is 4.97. The van der Waals surface area contributed by atoms with Crippen molar-refractivity contribution < 1.29 is 19.1 Å². The van der Waals surface area contributed by atoms with Gasteiger partial charge in [0, 0.05) is 6.54 Å². The smallest absolute Gasteiger partial charge is 0.313 e. The maximum Gasteiger partial charge on any atom is 0.313 e. The highest BCUT2D eigenvalue weighted by molar-refractivity contribution is 6.08. The third-order valence-corrected chi connectivity index (χ3v) is 7.54. The number of benzene rings is 4. The Morgan fingerprint density at radius 1 is 0.878 bits per heavy atom. The van der Waals surface area contributed by atoms with Gasteiger partial charge in [0.05, 0.1) is 17.5 Å². The molecule has 1 aromatic heterocycles. The van der Waals surface area contributed by atoms with Crippen LogP contribution in [0.25, 0.3) is 21.9 Å². The quantitative estimate of drug-likeness (QED) is 0.219. The van der Waals surface area contributed by atoms with Crippen LogP contribution in [0, 0.1) is 18.3 Å². The zero-order valence-electron chi connectivity index (χ0n) is 23.2. The first-order valence-corrected chi connectivity index (χ1v) is 13.4. The Labute approximate surface area is 239 Å². The van der Waals surface area contributed by atoms with Crippen LogP contribution < -0.4 is 0 Å². The van der Waals surface area contributed by atoms with E-state index in [2.05, 4.69) is 0 Å². The predicted molar refractivity (Wildman–Crippen MR) is 158 cm³/mol. The number of hydrogen-bond donors (Lipinski definition) is 1. The van der Waals surface area contributed by atoms with Crippen LogP contribution in [-0.4, -0.2) is 21.9 Å². The number of carboxylic acid groups (broad SMARTS) is 1. The molecule has 0 bridgehead atoms. The van der Waals surface area contributed by atoms with E-state index >= 15 is 0 Å². The molecular weight excluding hydrogens is 512 g/mol. The van der Waals surface area contributed by atoms with Gasteiger partial charge in [-0.25, -0.2) is 0 Å². The highest BCUT2D eigenvalue weighted by Gasteiger charge is 2.29. The second kappa shape index (κ2) is 11.1. The average Bonchev–Trinajstić information content (AvgIpc) is 3.44. The number of furan rings is 1. The van der Waals surface area contributed by atoms with Crippen LogP contribution in [-0.2, 0) is 23.3 Å². The minimum absolute atomic E-state index is 0.123. The van der Waals surface area contributed by atoms with Crippen molar-refractivity contribution in [3.63, 3.8) is 0 Å². The lowest BCUT2D eigenvalue weighted by Gasteiger charge is -2.24. The van der Waals surface area contributed by atoms with E-state index in [1.807, 2.05) is 97.9 Å².